The van der Waals surface area contributed by atoms with Gasteiger partial charge in [-0.2, -0.15) is 4.98 Å². The Bertz CT molecular complexity index is 445. The smallest absolute Gasteiger partial charge is 0.353 e. The molecule has 13 heavy (non-hydrogen) atoms. The Labute approximate surface area is 73.4 Å². The van der Waals surface area contributed by atoms with Gasteiger partial charge in [0.2, 0.25) is 0 Å². The number of nitrogens with zero attached hydrogens (tertiary/aromatic N) is 3. The van der Waals surface area contributed by atoms with E-state index in [1.807, 2.05) is 0 Å². The number of hydrogen-bond acceptors (Lipinski definition) is 4. The molecule has 2 heterocycles. The highest BCUT2D eigenvalue weighted by atomic mass is 16.5. The molecule has 0 fully saturated rings. The van der Waals surface area contributed by atoms with Gasteiger partial charge in [-0.1, -0.05) is 0 Å². The van der Waals surface area contributed by atoms with E-state index < -0.39 is 5.69 Å². The first-order chi connectivity index (χ1) is 6.20. The third-order valence-corrected chi connectivity index (χ3v) is 2.03. The van der Waals surface area contributed by atoms with Crippen LogP contribution < -0.4 is 11.4 Å². The van der Waals surface area contributed by atoms with Gasteiger partial charge >= 0.3 is 11.4 Å². The monoisotopic (exact) mass is 183 g/mol. The van der Waals surface area contributed by atoms with Crippen LogP contribution in [-0.4, -0.2) is 20.7 Å². The van der Waals surface area contributed by atoms with Crippen molar-refractivity contribution in [2.45, 2.75) is 13.2 Å². The highest BCUT2D eigenvalue weighted by Gasteiger charge is 2.14. The highest BCUT2D eigenvalue weighted by Crippen LogP contribution is 1.99. The maximum Gasteiger partial charge on any atom is 0.353 e. The Hall–Kier alpha value is -1.43. The minimum atomic E-state index is -0.526. The highest BCUT2D eigenvalue weighted by molar-refractivity contribution is 4.88. The van der Waals surface area contributed by atoms with Crippen LogP contribution in [0.4, 0.5) is 0 Å². The lowest BCUT2D eigenvalue weighted by Gasteiger charge is -2.17. The van der Waals surface area contributed by atoms with Crippen LogP contribution in [0, 0.1) is 0 Å². The molecule has 0 aromatic carbocycles. The molecule has 1 aliphatic heterocycles. The largest absolute Gasteiger partial charge is 0.372 e. The number of ether oxygens (including phenoxy) is 1. The average Bonchev–Trinajstić information content (AvgIpc) is 2.15. The second-order valence-electron chi connectivity index (χ2n) is 2.86. The summed E-state index contributed by atoms with van der Waals surface area (Å²) in [5, 5.41) is 0. The summed E-state index contributed by atoms with van der Waals surface area (Å²) in [4.78, 5) is 26.3. The molecule has 0 radical (unpaired) electrons. The molecule has 0 aliphatic carbocycles. The van der Waals surface area contributed by atoms with Gasteiger partial charge in [0, 0.05) is 7.05 Å². The number of fused-ring (bicyclic) bond motifs is 1. The van der Waals surface area contributed by atoms with E-state index in [-0.39, 0.29) is 12.3 Å². The zero-order valence-electron chi connectivity index (χ0n) is 7.19. The number of hydrogen-bond donors (Lipinski definition) is 0. The van der Waals surface area contributed by atoms with Crippen LogP contribution >= 0.6 is 0 Å². The van der Waals surface area contributed by atoms with Crippen LogP contribution in [0.15, 0.2) is 9.59 Å². The minimum Gasteiger partial charge on any atom is -0.372 e. The van der Waals surface area contributed by atoms with Gasteiger partial charge < -0.3 is 4.74 Å². The first-order valence-electron chi connectivity index (χ1n) is 3.94. The van der Waals surface area contributed by atoms with Crippen molar-refractivity contribution in [2.24, 2.45) is 7.05 Å². The summed E-state index contributed by atoms with van der Waals surface area (Å²) in [5.74, 6) is 0.416. The molecular formula is C7H9N3O3. The van der Waals surface area contributed by atoms with E-state index in [4.69, 9.17) is 4.74 Å². The van der Waals surface area contributed by atoms with Crippen molar-refractivity contribution >= 4 is 0 Å². The predicted octanol–water partition coefficient (Wildman–Crippen LogP) is -1.53. The fourth-order valence-electron chi connectivity index (χ4n) is 1.27. The standard InChI is InChI=1S/C7H9N3O3/c1-9-6(11)8-5-4-13-3-2-10(5)7(9)12/h2-4H2,1H3. The van der Waals surface area contributed by atoms with E-state index in [2.05, 4.69) is 4.98 Å². The van der Waals surface area contributed by atoms with Gasteiger partial charge in [-0.25, -0.2) is 14.2 Å². The molecule has 2 rings (SSSR count). The van der Waals surface area contributed by atoms with E-state index in [1.54, 1.807) is 0 Å². The van der Waals surface area contributed by atoms with E-state index in [0.29, 0.717) is 19.0 Å². The fraction of sp³-hybridized carbons (Fsp3) is 0.571. The molecule has 0 unspecified atom stereocenters. The molecular weight excluding hydrogens is 174 g/mol. The fourth-order valence-corrected chi connectivity index (χ4v) is 1.27. The molecule has 0 saturated heterocycles. The van der Waals surface area contributed by atoms with Gasteiger partial charge in [-0.3, -0.25) is 4.57 Å². The van der Waals surface area contributed by atoms with Crippen LogP contribution in [0.1, 0.15) is 5.82 Å². The lowest BCUT2D eigenvalue weighted by molar-refractivity contribution is 0.0758. The zero-order valence-corrected chi connectivity index (χ0v) is 7.19. The normalized spacial score (nSPS) is 15.5. The molecule has 0 atom stereocenters. The van der Waals surface area contributed by atoms with Crippen molar-refractivity contribution in [2.75, 3.05) is 6.61 Å². The topological polar surface area (TPSA) is 66.1 Å². The molecule has 0 saturated carbocycles. The molecule has 6 heteroatoms. The predicted molar refractivity (Wildman–Crippen MR) is 43.4 cm³/mol. The summed E-state index contributed by atoms with van der Waals surface area (Å²) in [6.07, 6.45) is 0. The summed E-state index contributed by atoms with van der Waals surface area (Å²) < 4.78 is 7.53. The minimum absolute atomic E-state index is 0.241. The molecule has 1 aliphatic rings. The van der Waals surface area contributed by atoms with Gasteiger partial charge in [0.15, 0.2) is 0 Å². The van der Waals surface area contributed by atoms with Crippen LogP contribution in [0.2, 0.25) is 0 Å². The number of rotatable bonds is 0. The van der Waals surface area contributed by atoms with E-state index in [1.165, 1.54) is 11.6 Å². The molecule has 1 aromatic rings. The summed E-state index contributed by atoms with van der Waals surface area (Å²) in [7, 11) is 1.42. The van der Waals surface area contributed by atoms with Gasteiger partial charge in [0.05, 0.1) is 13.2 Å². The van der Waals surface area contributed by atoms with Gasteiger partial charge in [-0.15, -0.1) is 0 Å². The summed E-state index contributed by atoms with van der Waals surface area (Å²) in [5.41, 5.74) is -0.847. The Kier molecular flexibility index (Phi) is 1.77. The Morgan fingerprint density at radius 2 is 2.23 bits per heavy atom. The second-order valence-corrected chi connectivity index (χ2v) is 2.86. The molecule has 0 bridgehead atoms. The maximum absolute atomic E-state index is 11.5. The summed E-state index contributed by atoms with van der Waals surface area (Å²) >= 11 is 0. The van der Waals surface area contributed by atoms with Crippen molar-refractivity contribution in [1.29, 1.82) is 0 Å². The van der Waals surface area contributed by atoms with Crippen molar-refractivity contribution in [3.05, 3.63) is 26.8 Å². The zero-order chi connectivity index (χ0) is 9.42. The SMILES string of the molecule is Cn1c(=O)nc2n(c1=O)CCOC2. The van der Waals surface area contributed by atoms with E-state index in [9.17, 15) is 9.59 Å². The number of aromatic nitrogens is 3. The Morgan fingerprint density at radius 3 is 3.00 bits per heavy atom. The van der Waals surface area contributed by atoms with Crippen LogP contribution in [-0.2, 0) is 24.9 Å². The second kappa shape index (κ2) is 2.81. The van der Waals surface area contributed by atoms with Crippen LogP contribution in [0.5, 0.6) is 0 Å². The Balaban J connectivity index is 2.75. The summed E-state index contributed by atoms with van der Waals surface area (Å²) in [6.45, 7) is 1.20. The first kappa shape index (κ1) is 8.18. The third kappa shape index (κ3) is 1.19. The van der Waals surface area contributed by atoms with Gasteiger partial charge in [0.1, 0.15) is 12.4 Å². The Morgan fingerprint density at radius 1 is 1.46 bits per heavy atom. The molecule has 70 valence electrons. The molecule has 6 nitrogen and oxygen atoms in total. The molecule has 0 spiro atoms. The van der Waals surface area contributed by atoms with Gasteiger partial charge in [0.25, 0.3) is 0 Å². The van der Waals surface area contributed by atoms with Crippen LogP contribution in [0.3, 0.4) is 0 Å². The van der Waals surface area contributed by atoms with Crippen molar-refractivity contribution in [3.8, 4) is 0 Å². The van der Waals surface area contributed by atoms with Crippen molar-refractivity contribution < 1.29 is 4.74 Å². The van der Waals surface area contributed by atoms with E-state index >= 15 is 0 Å². The maximum atomic E-state index is 11.5. The van der Waals surface area contributed by atoms with Crippen molar-refractivity contribution in [1.82, 2.24) is 14.1 Å². The van der Waals surface area contributed by atoms with E-state index in [0.717, 1.165) is 4.57 Å². The molecule has 0 amide bonds. The average molecular weight is 183 g/mol. The van der Waals surface area contributed by atoms with Gasteiger partial charge in [-0.05, 0) is 0 Å². The molecule has 1 aromatic heterocycles. The quantitative estimate of drug-likeness (QED) is 0.489. The van der Waals surface area contributed by atoms with Crippen LogP contribution in [0.25, 0.3) is 0 Å². The lowest BCUT2D eigenvalue weighted by atomic mass is 10.5. The third-order valence-electron chi connectivity index (χ3n) is 2.03. The van der Waals surface area contributed by atoms with Crippen molar-refractivity contribution in [3.63, 3.8) is 0 Å². The first-order valence-corrected chi connectivity index (χ1v) is 3.94. The summed E-state index contributed by atoms with van der Waals surface area (Å²) in [6, 6.07) is 0. The molecule has 0 N–H and O–H groups in total. The lowest BCUT2D eigenvalue weighted by Crippen LogP contribution is -2.44.